The Morgan fingerprint density at radius 1 is 0.857 bits per heavy atom. The summed E-state index contributed by atoms with van der Waals surface area (Å²) < 4.78 is 3.39. The van der Waals surface area contributed by atoms with Crippen LogP contribution >= 0.6 is 15.9 Å². The minimum atomic E-state index is 0.828. The zero-order valence-electron chi connectivity index (χ0n) is 11.3. The molecule has 0 saturated carbocycles. The Hall–Kier alpha value is -2.13. The van der Waals surface area contributed by atoms with Gasteiger partial charge in [-0.1, -0.05) is 46.3 Å². The molecule has 0 fully saturated rings. The highest BCUT2D eigenvalue weighted by atomic mass is 79.9. The van der Waals surface area contributed by atoms with Crippen LogP contribution < -0.4 is 0 Å². The summed E-state index contributed by atoms with van der Waals surface area (Å²) in [7, 11) is 0. The van der Waals surface area contributed by atoms with Gasteiger partial charge in [0.2, 0.25) is 0 Å². The Kier molecular flexibility index (Phi) is 3.00. The third-order valence-corrected chi connectivity index (χ3v) is 4.31. The normalized spacial score (nSPS) is 11.3. The van der Waals surface area contributed by atoms with E-state index in [1.807, 2.05) is 12.3 Å². The molecule has 3 heteroatoms. The largest absolute Gasteiger partial charge is 0.321 e. The number of fused-ring (bicyclic) bond motifs is 3. The molecule has 0 unspecified atom stereocenters. The van der Waals surface area contributed by atoms with Crippen molar-refractivity contribution in [2.75, 3.05) is 0 Å². The van der Waals surface area contributed by atoms with Crippen molar-refractivity contribution in [1.82, 2.24) is 9.55 Å². The van der Waals surface area contributed by atoms with Crippen molar-refractivity contribution in [3.63, 3.8) is 0 Å². The van der Waals surface area contributed by atoms with Crippen molar-refractivity contribution < 1.29 is 0 Å². The van der Waals surface area contributed by atoms with E-state index in [0.717, 1.165) is 16.7 Å². The standard InChI is InChI=1S/C18H13BrN2/c19-14-9-7-13(8-10-14)12-21-17-6-2-1-4-15(17)16-5-3-11-20-18(16)21/h1-11H,12H2. The predicted octanol–water partition coefficient (Wildman–Crippen LogP) is 5.00. The van der Waals surface area contributed by atoms with Crippen LogP contribution in [0.3, 0.4) is 0 Å². The first kappa shape index (κ1) is 12.6. The molecule has 102 valence electrons. The van der Waals surface area contributed by atoms with Crippen molar-refractivity contribution in [3.8, 4) is 0 Å². The highest BCUT2D eigenvalue weighted by Gasteiger charge is 2.10. The minimum absolute atomic E-state index is 0.828. The first-order valence-electron chi connectivity index (χ1n) is 6.89. The van der Waals surface area contributed by atoms with Gasteiger partial charge >= 0.3 is 0 Å². The number of aromatic nitrogens is 2. The number of para-hydroxylation sites is 1. The molecule has 0 spiro atoms. The Labute approximate surface area is 131 Å². The lowest BCUT2D eigenvalue weighted by molar-refractivity contribution is 0.856. The molecule has 2 aromatic heterocycles. The lowest BCUT2D eigenvalue weighted by Gasteiger charge is -2.07. The van der Waals surface area contributed by atoms with Gasteiger partial charge in [-0.2, -0.15) is 0 Å². The Morgan fingerprint density at radius 3 is 2.48 bits per heavy atom. The Bertz CT molecular complexity index is 870. The first-order chi connectivity index (χ1) is 10.3. The second-order valence-corrected chi connectivity index (χ2v) is 6.02. The van der Waals surface area contributed by atoms with Crippen LogP contribution in [0.4, 0.5) is 0 Å². The van der Waals surface area contributed by atoms with Crippen LogP contribution in [-0.2, 0) is 6.54 Å². The van der Waals surface area contributed by atoms with E-state index in [1.54, 1.807) is 0 Å². The quantitative estimate of drug-likeness (QED) is 0.503. The fraction of sp³-hybridized carbons (Fsp3) is 0.0556. The lowest BCUT2D eigenvalue weighted by Crippen LogP contribution is -2.00. The summed E-state index contributed by atoms with van der Waals surface area (Å²) in [4.78, 5) is 4.59. The molecule has 0 radical (unpaired) electrons. The maximum absolute atomic E-state index is 4.59. The minimum Gasteiger partial charge on any atom is -0.321 e. The average Bonchev–Trinajstić information content (AvgIpc) is 2.85. The molecule has 0 saturated heterocycles. The molecular formula is C18H13BrN2. The highest BCUT2D eigenvalue weighted by Crippen LogP contribution is 2.28. The van der Waals surface area contributed by atoms with Gasteiger partial charge in [0.25, 0.3) is 0 Å². The molecule has 2 nitrogen and oxygen atoms in total. The van der Waals surface area contributed by atoms with E-state index in [-0.39, 0.29) is 0 Å². The number of benzene rings is 2. The molecule has 0 amide bonds. The van der Waals surface area contributed by atoms with E-state index in [9.17, 15) is 0 Å². The van der Waals surface area contributed by atoms with E-state index >= 15 is 0 Å². The van der Waals surface area contributed by atoms with Crippen molar-refractivity contribution in [2.24, 2.45) is 0 Å². The van der Waals surface area contributed by atoms with Gasteiger partial charge in [0.1, 0.15) is 5.65 Å². The van der Waals surface area contributed by atoms with Crippen LogP contribution in [0, 0.1) is 0 Å². The van der Waals surface area contributed by atoms with Crippen LogP contribution in [-0.4, -0.2) is 9.55 Å². The number of nitrogens with zero attached hydrogens (tertiary/aromatic N) is 2. The van der Waals surface area contributed by atoms with E-state index in [1.165, 1.54) is 21.9 Å². The third-order valence-electron chi connectivity index (χ3n) is 3.78. The summed E-state index contributed by atoms with van der Waals surface area (Å²) in [6, 6.07) is 21.1. The van der Waals surface area contributed by atoms with Crippen LogP contribution in [0.1, 0.15) is 5.56 Å². The lowest BCUT2D eigenvalue weighted by atomic mass is 10.2. The third kappa shape index (κ3) is 2.14. The average molecular weight is 337 g/mol. The fourth-order valence-electron chi connectivity index (χ4n) is 2.81. The van der Waals surface area contributed by atoms with Gasteiger partial charge in [0.05, 0.1) is 5.52 Å². The fourth-order valence-corrected chi connectivity index (χ4v) is 3.07. The monoisotopic (exact) mass is 336 g/mol. The molecule has 0 aliphatic heterocycles. The maximum atomic E-state index is 4.59. The van der Waals surface area contributed by atoms with Gasteiger partial charge in [-0.05, 0) is 35.9 Å². The van der Waals surface area contributed by atoms with Gasteiger partial charge in [0, 0.05) is 28.0 Å². The second-order valence-electron chi connectivity index (χ2n) is 5.10. The topological polar surface area (TPSA) is 17.8 Å². The Morgan fingerprint density at radius 2 is 1.62 bits per heavy atom. The number of hydrogen-bond acceptors (Lipinski definition) is 1. The number of rotatable bonds is 2. The summed E-state index contributed by atoms with van der Waals surface area (Å²) in [6.45, 7) is 0.828. The molecule has 4 aromatic rings. The Balaban J connectivity index is 1.95. The van der Waals surface area contributed by atoms with Crippen molar-refractivity contribution in [3.05, 3.63) is 76.9 Å². The maximum Gasteiger partial charge on any atom is 0.141 e. The summed E-state index contributed by atoms with van der Waals surface area (Å²) >= 11 is 3.48. The van der Waals surface area contributed by atoms with Crippen molar-refractivity contribution >= 4 is 37.9 Å². The number of halogens is 1. The van der Waals surface area contributed by atoms with Gasteiger partial charge in [-0.25, -0.2) is 4.98 Å². The van der Waals surface area contributed by atoms with Crippen molar-refractivity contribution in [2.45, 2.75) is 6.54 Å². The van der Waals surface area contributed by atoms with Crippen molar-refractivity contribution in [1.29, 1.82) is 0 Å². The molecule has 0 aliphatic rings. The summed E-state index contributed by atoms with van der Waals surface area (Å²) in [5.74, 6) is 0. The molecule has 0 N–H and O–H groups in total. The highest BCUT2D eigenvalue weighted by molar-refractivity contribution is 9.10. The summed E-state index contributed by atoms with van der Waals surface area (Å²) in [5.41, 5.74) is 3.54. The molecular weight excluding hydrogens is 324 g/mol. The molecule has 2 heterocycles. The van der Waals surface area contributed by atoms with Gasteiger partial charge < -0.3 is 4.57 Å². The van der Waals surface area contributed by atoms with Crippen LogP contribution in [0.15, 0.2) is 71.3 Å². The van der Waals surface area contributed by atoms with E-state index in [2.05, 4.69) is 80.1 Å². The zero-order chi connectivity index (χ0) is 14.2. The molecule has 21 heavy (non-hydrogen) atoms. The molecule has 0 bridgehead atoms. The van der Waals surface area contributed by atoms with Gasteiger partial charge in [-0.15, -0.1) is 0 Å². The predicted molar refractivity (Wildman–Crippen MR) is 90.5 cm³/mol. The SMILES string of the molecule is Brc1ccc(Cn2c3ccccc3c3cccnc32)cc1. The first-order valence-corrected chi connectivity index (χ1v) is 7.68. The molecule has 0 aliphatic carbocycles. The summed E-state index contributed by atoms with van der Waals surface area (Å²) in [6.07, 6.45) is 1.86. The van der Waals surface area contributed by atoms with E-state index < -0.39 is 0 Å². The smallest absolute Gasteiger partial charge is 0.141 e. The summed E-state index contributed by atoms with van der Waals surface area (Å²) in [5, 5.41) is 2.47. The molecule has 4 rings (SSSR count). The van der Waals surface area contributed by atoms with E-state index in [4.69, 9.17) is 0 Å². The van der Waals surface area contributed by atoms with Gasteiger partial charge in [-0.3, -0.25) is 0 Å². The number of pyridine rings is 1. The van der Waals surface area contributed by atoms with Crippen LogP contribution in [0.25, 0.3) is 21.9 Å². The van der Waals surface area contributed by atoms with Crippen LogP contribution in [0.2, 0.25) is 0 Å². The molecule has 2 aromatic carbocycles. The molecule has 0 atom stereocenters. The zero-order valence-corrected chi connectivity index (χ0v) is 12.9. The second kappa shape index (κ2) is 5.01. The van der Waals surface area contributed by atoms with Crippen LogP contribution in [0.5, 0.6) is 0 Å². The van der Waals surface area contributed by atoms with E-state index in [0.29, 0.717) is 0 Å². The number of hydrogen-bond donors (Lipinski definition) is 0. The van der Waals surface area contributed by atoms with Gasteiger partial charge in [0.15, 0.2) is 0 Å².